The Hall–Kier alpha value is -1.30. The number of rotatable bonds is 4. The number of piperidine rings is 1. The molecule has 2 aliphatic rings. The zero-order valence-electron chi connectivity index (χ0n) is 11.9. The predicted octanol–water partition coefficient (Wildman–Crippen LogP) is 3.11. The predicted molar refractivity (Wildman–Crippen MR) is 75.1 cm³/mol. The maximum absolute atomic E-state index is 12.9. The van der Waals surface area contributed by atoms with Crippen LogP contribution in [-0.4, -0.2) is 30.3 Å². The molecule has 1 saturated carbocycles. The summed E-state index contributed by atoms with van der Waals surface area (Å²) in [5.41, 5.74) is 0.897. The summed E-state index contributed by atoms with van der Waals surface area (Å²) >= 11 is 0. The third-order valence-corrected chi connectivity index (χ3v) is 4.15. The van der Waals surface area contributed by atoms with Crippen molar-refractivity contribution >= 4 is 5.82 Å². The second-order valence-corrected chi connectivity index (χ2v) is 5.97. The minimum atomic E-state index is -4.11. The summed E-state index contributed by atoms with van der Waals surface area (Å²) < 4.78 is 38.6. The van der Waals surface area contributed by atoms with Crippen LogP contribution in [0.15, 0.2) is 18.2 Å². The summed E-state index contributed by atoms with van der Waals surface area (Å²) in [5, 5.41) is 3.38. The van der Waals surface area contributed by atoms with E-state index in [4.69, 9.17) is 0 Å². The summed E-state index contributed by atoms with van der Waals surface area (Å²) in [7, 11) is 0. The summed E-state index contributed by atoms with van der Waals surface area (Å²) in [4.78, 5) is 6.27. The average molecular weight is 299 g/mol. The van der Waals surface area contributed by atoms with Crippen LogP contribution in [0.25, 0.3) is 0 Å². The van der Waals surface area contributed by atoms with Gasteiger partial charge in [0.25, 0.3) is 0 Å². The number of pyridine rings is 1. The van der Waals surface area contributed by atoms with Gasteiger partial charge in [-0.25, -0.2) is 4.98 Å². The van der Waals surface area contributed by atoms with Crippen LogP contribution < -0.4 is 10.2 Å². The van der Waals surface area contributed by atoms with Crippen LogP contribution in [-0.2, 0) is 6.54 Å². The molecule has 0 bridgehead atoms. The van der Waals surface area contributed by atoms with Crippen LogP contribution in [0.3, 0.4) is 0 Å². The number of aromatic nitrogens is 1. The van der Waals surface area contributed by atoms with Gasteiger partial charge in [0.05, 0.1) is 11.6 Å². The third kappa shape index (κ3) is 3.87. The Morgan fingerprint density at radius 1 is 1.24 bits per heavy atom. The molecule has 1 aromatic heterocycles. The Morgan fingerprint density at radius 2 is 2.05 bits per heavy atom. The van der Waals surface area contributed by atoms with Crippen LogP contribution in [0.1, 0.15) is 31.4 Å². The molecule has 0 radical (unpaired) electrons. The van der Waals surface area contributed by atoms with E-state index >= 15 is 0 Å². The molecule has 1 aromatic rings. The number of hydrogen-bond acceptors (Lipinski definition) is 3. The molecule has 0 aromatic carbocycles. The Labute approximate surface area is 122 Å². The normalized spacial score (nSPS) is 23.4. The first-order valence-corrected chi connectivity index (χ1v) is 7.53. The van der Waals surface area contributed by atoms with E-state index in [0.717, 1.165) is 5.69 Å². The lowest BCUT2D eigenvalue weighted by Crippen LogP contribution is -2.42. The van der Waals surface area contributed by atoms with E-state index < -0.39 is 12.1 Å². The number of anilines is 1. The van der Waals surface area contributed by atoms with Crippen molar-refractivity contribution in [3.05, 3.63) is 23.9 Å². The van der Waals surface area contributed by atoms with Crippen LogP contribution in [0.4, 0.5) is 19.0 Å². The minimum absolute atomic E-state index is 0.0238. The number of nitrogens with zero attached hydrogens (tertiary/aromatic N) is 2. The molecule has 1 atom stereocenters. The van der Waals surface area contributed by atoms with Crippen molar-refractivity contribution < 1.29 is 13.2 Å². The van der Waals surface area contributed by atoms with Crippen molar-refractivity contribution in [1.82, 2.24) is 10.3 Å². The molecule has 0 amide bonds. The van der Waals surface area contributed by atoms with Gasteiger partial charge in [0.15, 0.2) is 0 Å². The van der Waals surface area contributed by atoms with E-state index in [2.05, 4.69) is 10.3 Å². The first-order valence-electron chi connectivity index (χ1n) is 7.53. The molecule has 1 saturated heterocycles. The average Bonchev–Trinajstić information content (AvgIpc) is 3.29. The largest absolute Gasteiger partial charge is 0.393 e. The quantitative estimate of drug-likeness (QED) is 0.926. The zero-order valence-corrected chi connectivity index (χ0v) is 11.9. The fourth-order valence-corrected chi connectivity index (χ4v) is 2.73. The summed E-state index contributed by atoms with van der Waals surface area (Å²) in [6, 6.07) is 6.20. The molecule has 1 aliphatic heterocycles. The highest BCUT2D eigenvalue weighted by atomic mass is 19.4. The molecule has 2 fully saturated rings. The molecule has 116 valence electrons. The summed E-state index contributed by atoms with van der Waals surface area (Å²) in [5.74, 6) is -0.569. The van der Waals surface area contributed by atoms with E-state index in [1.807, 2.05) is 12.1 Å². The van der Waals surface area contributed by atoms with Gasteiger partial charge in [0, 0.05) is 25.7 Å². The lowest BCUT2D eigenvalue weighted by molar-refractivity contribution is -0.176. The Balaban J connectivity index is 1.65. The van der Waals surface area contributed by atoms with Crippen LogP contribution in [0.2, 0.25) is 0 Å². The van der Waals surface area contributed by atoms with E-state index in [1.165, 1.54) is 12.8 Å². The second-order valence-electron chi connectivity index (χ2n) is 5.97. The van der Waals surface area contributed by atoms with Gasteiger partial charge in [-0.15, -0.1) is 0 Å². The first kappa shape index (κ1) is 14.6. The maximum atomic E-state index is 12.9. The van der Waals surface area contributed by atoms with Crippen LogP contribution >= 0.6 is 0 Å². The van der Waals surface area contributed by atoms with Crippen molar-refractivity contribution in [3.8, 4) is 0 Å². The summed E-state index contributed by atoms with van der Waals surface area (Å²) in [6.45, 7) is 1.37. The van der Waals surface area contributed by atoms with E-state index in [9.17, 15) is 13.2 Å². The fourth-order valence-electron chi connectivity index (χ4n) is 2.73. The topological polar surface area (TPSA) is 28.2 Å². The molecule has 0 spiro atoms. The van der Waals surface area contributed by atoms with E-state index in [-0.39, 0.29) is 13.0 Å². The smallest absolute Gasteiger partial charge is 0.356 e. The van der Waals surface area contributed by atoms with E-state index in [1.54, 1.807) is 11.0 Å². The maximum Gasteiger partial charge on any atom is 0.393 e. The molecular weight excluding hydrogens is 279 g/mol. The molecule has 1 unspecified atom stereocenters. The van der Waals surface area contributed by atoms with Crippen LogP contribution in [0, 0.1) is 5.92 Å². The molecular formula is C15H20F3N3. The molecule has 1 N–H and O–H groups in total. The molecule has 21 heavy (non-hydrogen) atoms. The molecule has 3 nitrogen and oxygen atoms in total. The zero-order chi connectivity index (χ0) is 14.9. The first-order chi connectivity index (χ1) is 10.0. The van der Waals surface area contributed by atoms with Gasteiger partial charge in [-0.3, -0.25) is 0 Å². The van der Waals surface area contributed by atoms with Crippen molar-refractivity contribution in [1.29, 1.82) is 0 Å². The van der Waals surface area contributed by atoms with Crippen molar-refractivity contribution in [3.63, 3.8) is 0 Å². The minimum Gasteiger partial charge on any atom is -0.356 e. The monoisotopic (exact) mass is 299 g/mol. The van der Waals surface area contributed by atoms with Crippen molar-refractivity contribution in [2.24, 2.45) is 5.92 Å². The number of halogens is 3. The highest BCUT2D eigenvalue weighted by Crippen LogP contribution is 2.34. The Morgan fingerprint density at radius 3 is 2.76 bits per heavy atom. The number of hydrogen-bond donors (Lipinski definition) is 1. The molecule has 1 aliphatic carbocycles. The summed E-state index contributed by atoms with van der Waals surface area (Å²) in [6.07, 6.45) is -0.901. The van der Waals surface area contributed by atoms with Gasteiger partial charge in [-0.05, 0) is 37.8 Å². The van der Waals surface area contributed by atoms with Gasteiger partial charge >= 0.3 is 6.18 Å². The molecule has 3 rings (SSSR count). The SMILES string of the molecule is FC(F)(F)C1CCCN(c2cccc(CNC3CC3)n2)C1. The molecule has 6 heteroatoms. The van der Waals surface area contributed by atoms with Gasteiger partial charge in [-0.1, -0.05) is 6.07 Å². The van der Waals surface area contributed by atoms with Gasteiger partial charge < -0.3 is 10.2 Å². The third-order valence-electron chi connectivity index (χ3n) is 4.15. The van der Waals surface area contributed by atoms with Gasteiger partial charge in [-0.2, -0.15) is 13.2 Å². The standard InChI is InChI=1S/C15H20F3N3/c16-15(17,18)11-3-2-8-21(10-11)14-5-1-4-13(20-14)9-19-12-6-7-12/h1,4-5,11-12,19H,2-3,6-10H2. The highest BCUT2D eigenvalue weighted by Gasteiger charge is 2.42. The second kappa shape index (κ2) is 5.83. The lowest BCUT2D eigenvalue weighted by atomic mass is 9.97. The van der Waals surface area contributed by atoms with Crippen molar-refractivity contribution in [2.45, 2.75) is 44.4 Å². The number of nitrogens with one attached hydrogen (secondary N) is 1. The Kier molecular flexibility index (Phi) is 4.06. The number of alkyl halides is 3. The highest BCUT2D eigenvalue weighted by molar-refractivity contribution is 5.40. The van der Waals surface area contributed by atoms with E-state index in [0.29, 0.717) is 31.4 Å². The lowest BCUT2D eigenvalue weighted by Gasteiger charge is -2.34. The molecule has 2 heterocycles. The van der Waals surface area contributed by atoms with Crippen LogP contribution in [0.5, 0.6) is 0 Å². The Bertz CT molecular complexity index is 485. The van der Waals surface area contributed by atoms with Crippen molar-refractivity contribution in [2.75, 3.05) is 18.0 Å². The fraction of sp³-hybridized carbons (Fsp3) is 0.667. The van der Waals surface area contributed by atoms with Gasteiger partial charge in [0.2, 0.25) is 0 Å². The van der Waals surface area contributed by atoms with Gasteiger partial charge in [0.1, 0.15) is 5.82 Å².